The lowest BCUT2D eigenvalue weighted by Crippen LogP contribution is -2.38. The summed E-state index contributed by atoms with van der Waals surface area (Å²) in [6, 6.07) is 30.9. The van der Waals surface area contributed by atoms with Crippen LogP contribution in [0.4, 0.5) is 5.82 Å². The number of halogens is 1. The number of anilines is 1. The topological polar surface area (TPSA) is 84.3 Å². The number of benzene rings is 4. The second-order valence-electron chi connectivity index (χ2n) is 8.66. The van der Waals surface area contributed by atoms with E-state index in [1.165, 1.54) is 0 Å². The second kappa shape index (κ2) is 10.8. The minimum absolute atomic E-state index is 0.133. The number of rotatable bonds is 8. The van der Waals surface area contributed by atoms with Crippen molar-refractivity contribution in [2.24, 2.45) is 0 Å². The van der Waals surface area contributed by atoms with Crippen molar-refractivity contribution >= 4 is 44.1 Å². The van der Waals surface area contributed by atoms with Gasteiger partial charge in [-0.3, -0.25) is 4.79 Å². The first-order chi connectivity index (χ1) is 18.3. The highest BCUT2D eigenvalue weighted by Crippen LogP contribution is 2.26. The zero-order chi connectivity index (χ0) is 26.7. The molecule has 1 amide bonds. The molecule has 9 heteroatoms. The molecule has 0 bridgehead atoms. The molecule has 5 rings (SSSR count). The molecule has 38 heavy (non-hydrogen) atoms. The summed E-state index contributed by atoms with van der Waals surface area (Å²) in [6.07, 6.45) is 0. The molecular formula is C29H25ClN4O3S. The number of hydrogen-bond donors (Lipinski definition) is 1. The van der Waals surface area contributed by atoms with Gasteiger partial charge < -0.3 is 5.32 Å². The van der Waals surface area contributed by atoms with E-state index in [0.29, 0.717) is 22.2 Å². The monoisotopic (exact) mass is 544 g/mol. The van der Waals surface area contributed by atoms with Crippen molar-refractivity contribution in [3.8, 4) is 16.9 Å². The molecule has 0 aliphatic carbocycles. The van der Waals surface area contributed by atoms with Crippen molar-refractivity contribution in [1.82, 2.24) is 14.1 Å². The fraction of sp³-hybridized carbons (Fsp3) is 0.103. The van der Waals surface area contributed by atoms with Crippen molar-refractivity contribution in [1.29, 1.82) is 0 Å². The molecule has 0 unspecified atom stereocenters. The van der Waals surface area contributed by atoms with Crippen molar-refractivity contribution in [2.75, 3.05) is 18.4 Å². The third-order valence-corrected chi connectivity index (χ3v) is 8.32. The van der Waals surface area contributed by atoms with Gasteiger partial charge in [-0.1, -0.05) is 79.2 Å². The molecule has 1 heterocycles. The van der Waals surface area contributed by atoms with Gasteiger partial charge in [0.05, 0.1) is 22.8 Å². The zero-order valence-corrected chi connectivity index (χ0v) is 22.2. The normalized spacial score (nSPS) is 11.7. The molecular weight excluding hydrogens is 520 g/mol. The number of amides is 1. The second-order valence-corrected chi connectivity index (χ2v) is 11.0. The van der Waals surface area contributed by atoms with Crippen molar-refractivity contribution in [3.05, 3.63) is 108 Å². The van der Waals surface area contributed by atoms with E-state index in [9.17, 15) is 13.2 Å². The largest absolute Gasteiger partial charge is 0.309 e. The Kier molecular flexibility index (Phi) is 7.28. The molecule has 0 saturated heterocycles. The summed E-state index contributed by atoms with van der Waals surface area (Å²) in [5.74, 6) is -0.0683. The molecule has 0 aliphatic rings. The van der Waals surface area contributed by atoms with Crippen LogP contribution in [0.1, 0.15) is 6.92 Å². The van der Waals surface area contributed by atoms with E-state index >= 15 is 0 Å². The van der Waals surface area contributed by atoms with Gasteiger partial charge >= 0.3 is 0 Å². The first kappa shape index (κ1) is 25.7. The zero-order valence-electron chi connectivity index (χ0n) is 20.6. The summed E-state index contributed by atoms with van der Waals surface area (Å²) in [4.78, 5) is 13.3. The fourth-order valence-electron chi connectivity index (χ4n) is 4.19. The number of fused-ring (bicyclic) bond motifs is 1. The van der Waals surface area contributed by atoms with E-state index in [1.807, 2.05) is 54.6 Å². The Morgan fingerprint density at radius 1 is 0.895 bits per heavy atom. The van der Waals surface area contributed by atoms with Crippen LogP contribution in [-0.2, 0) is 14.8 Å². The van der Waals surface area contributed by atoms with Gasteiger partial charge in [-0.25, -0.2) is 13.1 Å². The molecule has 1 N–H and O–H groups in total. The standard InChI is InChI=1S/C29H25ClN4O3S/c1-2-33(38(36,37)26-17-12-21-8-6-7-11-23(21)18-26)20-29(35)31-28-19-27(22-9-4-3-5-10-22)32-34(28)25-15-13-24(30)14-16-25/h3-19H,2,20H2,1H3,(H,31,35). The number of hydrogen-bond acceptors (Lipinski definition) is 4. The van der Waals surface area contributed by atoms with Gasteiger partial charge in [-0.15, -0.1) is 0 Å². The van der Waals surface area contributed by atoms with Crippen LogP contribution in [0.25, 0.3) is 27.7 Å². The highest BCUT2D eigenvalue weighted by atomic mass is 35.5. The molecule has 0 radical (unpaired) electrons. The average molecular weight is 545 g/mol. The highest BCUT2D eigenvalue weighted by molar-refractivity contribution is 7.89. The van der Waals surface area contributed by atoms with Gasteiger partial charge in [-0.05, 0) is 47.2 Å². The molecule has 1 aromatic heterocycles. The third-order valence-electron chi connectivity index (χ3n) is 6.15. The van der Waals surface area contributed by atoms with E-state index in [1.54, 1.807) is 60.1 Å². The maximum atomic E-state index is 13.4. The summed E-state index contributed by atoms with van der Waals surface area (Å²) in [7, 11) is -3.90. The Morgan fingerprint density at radius 2 is 1.58 bits per heavy atom. The molecule has 192 valence electrons. The lowest BCUT2D eigenvalue weighted by atomic mass is 10.1. The summed E-state index contributed by atoms with van der Waals surface area (Å²) >= 11 is 6.06. The number of carbonyl (C=O) groups excluding carboxylic acids is 1. The molecule has 0 aliphatic heterocycles. The maximum Gasteiger partial charge on any atom is 0.243 e. The van der Waals surface area contributed by atoms with Crippen LogP contribution in [0.3, 0.4) is 0 Å². The van der Waals surface area contributed by atoms with E-state index in [0.717, 1.165) is 20.6 Å². The van der Waals surface area contributed by atoms with Crippen LogP contribution in [0.15, 0.2) is 108 Å². The minimum Gasteiger partial charge on any atom is -0.309 e. The molecule has 7 nitrogen and oxygen atoms in total. The number of nitrogens with zero attached hydrogens (tertiary/aromatic N) is 3. The van der Waals surface area contributed by atoms with Gasteiger partial charge in [0.2, 0.25) is 15.9 Å². The average Bonchev–Trinajstić information content (AvgIpc) is 3.35. The van der Waals surface area contributed by atoms with Crippen LogP contribution < -0.4 is 5.32 Å². The number of likely N-dealkylation sites (N-methyl/N-ethyl adjacent to an activating group) is 1. The quantitative estimate of drug-likeness (QED) is 0.260. The van der Waals surface area contributed by atoms with E-state index in [2.05, 4.69) is 10.4 Å². The Labute approximate surface area is 226 Å². The molecule has 0 spiro atoms. The van der Waals surface area contributed by atoms with Gasteiger partial charge in [-0.2, -0.15) is 9.40 Å². The van der Waals surface area contributed by atoms with Gasteiger partial charge in [0, 0.05) is 23.2 Å². The Balaban J connectivity index is 1.42. The van der Waals surface area contributed by atoms with E-state index in [-0.39, 0.29) is 18.0 Å². The molecule has 4 aromatic carbocycles. The number of sulfonamides is 1. The smallest absolute Gasteiger partial charge is 0.243 e. The SMILES string of the molecule is CCN(CC(=O)Nc1cc(-c2ccccc2)nn1-c1ccc(Cl)cc1)S(=O)(=O)c1ccc2ccccc2c1. The Bertz CT molecular complexity index is 1700. The predicted octanol–water partition coefficient (Wildman–Crippen LogP) is 6.00. The fourth-order valence-corrected chi connectivity index (χ4v) is 5.75. The number of carbonyl (C=O) groups is 1. The highest BCUT2D eigenvalue weighted by Gasteiger charge is 2.26. The van der Waals surface area contributed by atoms with Crippen molar-refractivity contribution in [2.45, 2.75) is 11.8 Å². The Hall–Kier alpha value is -3.98. The molecule has 0 saturated carbocycles. The van der Waals surface area contributed by atoms with E-state index < -0.39 is 15.9 Å². The summed E-state index contributed by atoms with van der Waals surface area (Å²) < 4.78 is 29.6. The van der Waals surface area contributed by atoms with Crippen LogP contribution in [0, 0.1) is 0 Å². The third kappa shape index (κ3) is 5.33. The van der Waals surface area contributed by atoms with Crippen molar-refractivity contribution < 1.29 is 13.2 Å². The number of aromatic nitrogens is 2. The van der Waals surface area contributed by atoms with Crippen LogP contribution in [0.5, 0.6) is 0 Å². The van der Waals surface area contributed by atoms with Gasteiger partial charge in [0.25, 0.3) is 0 Å². The molecule has 5 aromatic rings. The predicted molar refractivity (Wildman–Crippen MR) is 151 cm³/mol. The summed E-state index contributed by atoms with van der Waals surface area (Å²) in [5, 5.41) is 9.87. The lowest BCUT2D eigenvalue weighted by molar-refractivity contribution is -0.116. The molecule has 0 atom stereocenters. The number of nitrogens with one attached hydrogen (secondary N) is 1. The van der Waals surface area contributed by atoms with Crippen LogP contribution >= 0.6 is 11.6 Å². The van der Waals surface area contributed by atoms with Gasteiger partial charge in [0.15, 0.2) is 0 Å². The lowest BCUT2D eigenvalue weighted by Gasteiger charge is -2.20. The maximum absolute atomic E-state index is 13.4. The van der Waals surface area contributed by atoms with Crippen LogP contribution in [0.2, 0.25) is 5.02 Å². The van der Waals surface area contributed by atoms with Gasteiger partial charge in [0.1, 0.15) is 5.82 Å². The first-order valence-corrected chi connectivity index (χ1v) is 13.9. The summed E-state index contributed by atoms with van der Waals surface area (Å²) in [5.41, 5.74) is 2.24. The first-order valence-electron chi connectivity index (χ1n) is 12.1. The van der Waals surface area contributed by atoms with E-state index in [4.69, 9.17) is 11.6 Å². The summed E-state index contributed by atoms with van der Waals surface area (Å²) in [6.45, 7) is 1.49. The van der Waals surface area contributed by atoms with Crippen molar-refractivity contribution in [3.63, 3.8) is 0 Å². The van der Waals surface area contributed by atoms with Crippen LogP contribution in [-0.4, -0.2) is 41.5 Å². The Morgan fingerprint density at radius 3 is 2.29 bits per heavy atom. The minimum atomic E-state index is -3.90. The molecule has 0 fully saturated rings.